The summed E-state index contributed by atoms with van der Waals surface area (Å²) in [4.78, 5) is 30.5. The first-order valence-electron chi connectivity index (χ1n) is 9.58. The second-order valence-electron chi connectivity index (χ2n) is 7.63. The molecule has 1 aromatic carbocycles. The van der Waals surface area contributed by atoms with E-state index in [0.29, 0.717) is 17.1 Å². The van der Waals surface area contributed by atoms with E-state index in [4.69, 9.17) is 9.47 Å². The molecule has 31 heavy (non-hydrogen) atoms. The molecular weight excluding hydrogens is 410 g/mol. The van der Waals surface area contributed by atoms with Crippen LogP contribution >= 0.6 is 0 Å². The molecule has 1 aliphatic heterocycles. The maximum absolute atomic E-state index is 14.4. The smallest absolute Gasteiger partial charge is 0.324 e. The van der Waals surface area contributed by atoms with Crippen LogP contribution in [0.3, 0.4) is 0 Å². The third-order valence-electron chi connectivity index (χ3n) is 4.42. The zero-order chi connectivity index (χ0) is 22.8. The fraction of sp³-hybridized carbons (Fsp3) is 0.381. The fourth-order valence-electron chi connectivity index (χ4n) is 3.14. The minimum absolute atomic E-state index is 0.0359. The number of amides is 3. The van der Waals surface area contributed by atoms with E-state index in [2.05, 4.69) is 15.6 Å². The van der Waals surface area contributed by atoms with E-state index >= 15 is 0 Å². The average molecular weight is 434 g/mol. The van der Waals surface area contributed by atoms with Crippen molar-refractivity contribution < 1.29 is 27.8 Å². The van der Waals surface area contributed by atoms with Gasteiger partial charge < -0.3 is 20.1 Å². The van der Waals surface area contributed by atoms with Crippen LogP contribution in [0.25, 0.3) is 0 Å². The lowest BCUT2D eigenvalue weighted by molar-refractivity contribution is -0.115. The lowest BCUT2D eigenvalue weighted by Gasteiger charge is -2.30. The number of urea groups is 1. The molecule has 10 heteroatoms. The number of hydrogen-bond acceptors (Lipinski definition) is 5. The average Bonchev–Trinajstić information content (AvgIpc) is 2.67. The zero-order valence-corrected chi connectivity index (χ0v) is 17.7. The monoisotopic (exact) mass is 434 g/mol. The first kappa shape index (κ1) is 22.4. The number of anilines is 2. The number of pyridine rings is 1. The molecule has 0 aliphatic carbocycles. The van der Waals surface area contributed by atoms with E-state index in [1.165, 1.54) is 24.1 Å². The molecule has 1 aromatic heterocycles. The molecule has 0 saturated carbocycles. The number of aromatic nitrogens is 1. The summed E-state index contributed by atoms with van der Waals surface area (Å²) in [6.07, 6.45) is 1.59. The van der Waals surface area contributed by atoms with Gasteiger partial charge in [-0.05, 0) is 36.2 Å². The molecule has 0 fully saturated rings. The van der Waals surface area contributed by atoms with Crippen molar-refractivity contribution in [2.24, 2.45) is 0 Å². The Morgan fingerprint density at radius 2 is 2.13 bits per heavy atom. The fourth-order valence-corrected chi connectivity index (χ4v) is 3.14. The third kappa shape index (κ3) is 5.46. The number of hydrogen-bond donors (Lipinski definition) is 2. The molecule has 0 spiro atoms. The van der Waals surface area contributed by atoms with Gasteiger partial charge in [-0.1, -0.05) is 6.07 Å². The standard InChI is InChI=1S/C21H24F2N4O4/c1-12-7-15-19(24-9-12)27(10-18(28)25-15)20(29)26-16(11-30-4)13-5-6-17(14(22)8-13)31-21(2,3)23/h5-9,16H,10-11H2,1-4H3,(H,25,28)(H,26,29). The van der Waals surface area contributed by atoms with E-state index in [1.54, 1.807) is 12.3 Å². The van der Waals surface area contributed by atoms with E-state index in [1.807, 2.05) is 6.92 Å². The molecule has 0 bridgehead atoms. The SMILES string of the molecule is COCC(NC(=O)N1CC(=O)Nc2cc(C)cnc21)c1ccc(OC(C)(C)F)c(F)c1. The Bertz CT molecular complexity index is 994. The summed E-state index contributed by atoms with van der Waals surface area (Å²) in [5, 5.41) is 5.42. The van der Waals surface area contributed by atoms with Crippen molar-refractivity contribution in [3.8, 4) is 5.75 Å². The van der Waals surface area contributed by atoms with E-state index < -0.39 is 23.7 Å². The number of benzene rings is 1. The summed E-state index contributed by atoms with van der Waals surface area (Å²) >= 11 is 0. The zero-order valence-electron chi connectivity index (χ0n) is 17.7. The van der Waals surface area contributed by atoms with Gasteiger partial charge >= 0.3 is 6.03 Å². The molecule has 1 atom stereocenters. The van der Waals surface area contributed by atoms with Gasteiger partial charge in [0, 0.05) is 27.2 Å². The summed E-state index contributed by atoms with van der Waals surface area (Å²) in [5.74, 6) is -3.13. The van der Waals surface area contributed by atoms with Gasteiger partial charge in [0.25, 0.3) is 0 Å². The predicted molar refractivity (Wildman–Crippen MR) is 110 cm³/mol. The second-order valence-corrected chi connectivity index (χ2v) is 7.63. The van der Waals surface area contributed by atoms with Gasteiger partial charge in [0.05, 0.1) is 18.3 Å². The maximum Gasteiger partial charge on any atom is 0.324 e. The Kier molecular flexibility index (Phi) is 6.40. The first-order chi connectivity index (χ1) is 14.6. The van der Waals surface area contributed by atoms with E-state index in [-0.39, 0.29) is 24.8 Å². The van der Waals surface area contributed by atoms with Gasteiger partial charge in [0.2, 0.25) is 11.8 Å². The molecule has 0 saturated heterocycles. The summed E-state index contributed by atoms with van der Waals surface area (Å²) < 4.78 is 38.2. The minimum atomic E-state index is -2.05. The molecule has 3 rings (SSSR count). The molecule has 8 nitrogen and oxygen atoms in total. The number of nitrogens with one attached hydrogen (secondary N) is 2. The number of halogens is 2. The topological polar surface area (TPSA) is 92.8 Å². The van der Waals surface area contributed by atoms with Crippen LogP contribution in [-0.2, 0) is 9.53 Å². The number of alkyl halides is 1. The van der Waals surface area contributed by atoms with E-state index in [9.17, 15) is 18.4 Å². The Morgan fingerprint density at radius 1 is 1.39 bits per heavy atom. The van der Waals surface area contributed by atoms with Crippen LogP contribution in [0, 0.1) is 12.7 Å². The molecule has 1 aliphatic rings. The Hall–Kier alpha value is -3.27. The molecule has 2 aromatic rings. The predicted octanol–water partition coefficient (Wildman–Crippen LogP) is 3.47. The normalized spacial score (nSPS) is 14.5. The number of fused-ring (bicyclic) bond motifs is 1. The van der Waals surface area contributed by atoms with Crippen LogP contribution in [0.4, 0.5) is 25.1 Å². The maximum atomic E-state index is 14.4. The highest BCUT2D eigenvalue weighted by Crippen LogP contribution is 2.29. The second kappa shape index (κ2) is 8.84. The highest BCUT2D eigenvalue weighted by Gasteiger charge is 2.30. The largest absolute Gasteiger partial charge is 0.455 e. The van der Waals surface area contributed by atoms with Gasteiger partial charge in [-0.15, -0.1) is 0 Å². The highest BCUT2D eigenvalue weighted by atomic mass is 19.2. The van der Waals surface area contributed by atoms with Crippen molar-refractivity contribution in [2.45, 2.75) is 32.7 Å². The van der Waals surface area contributed by atoms with Crippen LogP contribution in [-0.4, -0.2) is 43.0 Å². The van der Waals surface area contributed by atoms with Gasteiger partial charge in [0.1, 0.15) is 6.54 Å². The number of rotatable bonds is 6. The molecule has 3 amide bonds. The quantitative estimate of drug-likeness (QED) is 0.726. The van der Waals surface area contributed by atoms with Gasteiger partial charge in [-0.3, -0.25) is 9.69 Å². The Labute approximate surface area is 178 Å². The summed E-state index contributed by atoms with van der Waals surface area (Å²) in [6.45, 7) is 3.96. The summed E-state index contributed by atoms with van der Waals surface area (Å²) in [6, 6.07) is 4.32. The summed E-state index contributed by atoms with van der Waals surface area (Å²) in [5.41, 5.74) is 1.64. The number of methoxy groups -OCH3 is 1. The van der Waals surface area contributed by atoms with Crippen molar-refractivity contribution in [3.05, 3.63) is 47.4 Å². The number of ether oxygens (including phenoxy) is 2. The summed E-state index contributed by atoms with van der Waals surface area (Å²) in [7, 11) is 1.44. The van der Waals surface area contributed by atoms with Crippen LogP contribution in [0.5, 0.6) is 5.75 Å². The van der Waals surface area contributed by atoms with Gasteiger partial charge in [0.15, 0.2) is 17.4 Å². The molecule has 2 N–H and O–H groups in total. The van der Waals surface area contributed by atoms with Gasteiger partial charge in [-0.2, -0.15) is 4.39 Å². The van der Waals surface area contributed by atoms with Crippen LogP contribution in [0.15, 0.2) is 30.5 Å². The molecule has 1 unspecified atom stereocenters. The minimum Gasteiger partial charge on any atom is -0.455 e. The molecular formula is C21H24F2N4O4. The number of carbonyl (C=O) groups is 2. The van der Waals surface area contributed by atoms with Crippen LogP contribution < -0.4 is 20.3 Å². The lowest BCUT2D eigenvalue weighted by Crippen LogP contribution is -2.49. The number of aryl methyl sites for hydroxylation is 1. The number of carbonyl (C=O) groups excluding carboxylic acids is 2. The van der Waals surface area contributed by atoms with E-state index in [0.717, 1.165) is 25.5 Å². The lowest BCUT2D eigenvalue weighted by atomic mass is 10.1. The Balaban J connectivity index is 1.83. The molecule has 166 valence electrons. The third-order valence-corrected chi connectivity index (χ3v) is 4.42. The van der Waals surface area contributed by atoms with Crippen molar-refractivity contribution in [1.29, 1.82) is 0 Å². The van der Waals surface area contributed by atoms with Crippen molar-refractivity contribution in [3.63, 3.8) is 0 Å². The first-order valence-corrected chi connectivity index (χ1v) is 9.58. The van der Waals surface area contributed by atoms with Gasteiger partial charge in [-0.25, -0.2) is 14.2 Å². The van der Waals surface area contributed by atoms with Crippen molar-refractivity contribution in [1.82, 2.24) is 10.3 Å². The Morgan fingerprint density at radius 3 is 2.77 bits per heavy atom. The number of nitrogens with zero attached hydrogens (tertiary/aromatic N) is 2. The highest BCUT2D eigenvalue weighted by molar-refractivity contribution is 6.08. The van der Waals surface area contributed by atoms with Crippen LogP contribution in [0.2, 0.25) is 0 Å². The molecule has 0 radical (unpaired) electrons. The van der Waals surface area contributed by atoms with Crippen molar-refractivity contribution >= 4 is 23.4 Å². The molecule has 2 heterocycles. The van der Waals surface area contributed by atoms with Crippen LogP contribution in [0.1, 0.15) is 31.0 Å². The van der Waals surface area contributed by atoms with Crippen molar-refractivity contribution in [2.75, 3.05) is 30.5 Å².